The molecule has 96 valence electrons. The maximum atomic E-state index is 9.69. The van der Waals surface area contributed by atoms with Crippen LogP contribution in [0.15, 0.2) is 12.1 Å². The van der Waals surface area contributed by atoms with E-state index in [0.29, 0.717) is 17.1 Å². The van der Waals surface area contributed by atoms with Crippen molar-refractivity contribution < 1.29 is 14.6 Å². The molecule has 0 fully saturated rings. The summed E-state index contributed by atoms with van der Waals surface area (Å²) in [5.74, 6) is 1.34. The van der Waals surface area contributed by atoms with Gasteiger partial charge in [0.1, 0.15) is 11.5 Å². The molecule has 1 rings (SSSR count). The minimum Gasteiger partial charge on any atom is -0.496 e. The van der Waals surface area contributed by atoms with Gasteiger partial charge in [-0.3, -0.25) is 0 Å². The Morgan fingerprint density at radius 3 is 2.29 bits per heavy atom. The topological polar surface area (TPSA) is 90.7 Å². The van der Waals surface area contributed by atoms with Crippen molar-refractivity contribution >= 4 is 0 Å². The standard InChI is InChI=1S/C12H20N2O3/c1-7-4-11(17-3)8(5-10(7)16-2)12(14)9(15)6-13/h4-5,9,12,15H,6,13-14H2,1-3H3. The van der Waals surface area contributed by atoms with E-state index in [1.54, 1.807) is 20.3 Å². The highest BCUT2D eigenvalue weighted by Gasteiger charge is 2.20. The fraction of sp³-hybridized carbons (Fsp3) is 0.500. The lowest BCUT2D eigenvalue weighted by molar-refractivity contribution is 0.151. The van der Waals surface area contributed by atoms with Crippen LogP contribution in [-0.4, -0.2) is 32.0 Å². The van der Waals surface area contributed by atoms with E-state index in [9.17, 15) is 5.11 Å². The van der Waals surface area contributed by atoms with Gasteiger partial charge in [-0.2, -0.15) is 0 Å². The van der Waals surface area contributed by atoms with E-state index in [4.69, 9.17) is 20.9 Å². The van der Waals surface area contributed by atoms with E-state index < -0.39 is 12.1 Å². The second kappa shape index (κ2) is 5.86. The highest BCUT2D eigenvalue weighted by molar-refractivity contribution is 5.47. The summed E-state index contributed by atoms with van der Waals surface area (Å²) in [5, 5.41) is 9.69. The van der Waals surface area contributed by atoms with Gasteiger partial charge in [0.15, 0.2) is 0 Å². The third kappa shape index (κ3) is 2.88. The van der Waals surface area contributed by atoms with Crippen molar-refractivity contribution in [3.8, 4) is 11.5 Å². The molecule has 2 unspecified atom stereocenters. The highest BCUT2D eigenvalue weighted by atomic mass is 16.5. The summed E-state index contributed by atoms with van der Waals surface area (Å²) in [7, 11) is 3.15. The monoisotopic (exact) mass is 240 g/mol. The molecule has 5 N–H and O–H groups in total. The normalized spacial score (nSPS) is 14.2. The van der Waals surface area contributed by atoms with Gasteiger partial charge in [0, 0.05) is 12.1 Å². The molecule has 5 heteroatoms. The van der Waals surface area contributed by atoms with Crippen LogP contribution in [0.2, 0.25) is 0 Å². The van der Waals surface area contributed by atoms with Crippen molar-refractivity contribution in [2.24, 2.45) is 11.5 Å². The van der Waals surface area contributed by atoms with Crippen molar-refractivity contribution in [2.75, 3.05) is 20.8 Å². The molecule has 1 aromatic rings. The van der Waals surface area contributed by atoms with Crippen LogP contribution < -0.4 is 20.9 Å². The van der Waals surface area contributed by atoms with Gasteiger partial charge in [0.2, 0.25) is 0 Å². The Kier molecular flexibility index (Phi) is 4.74. The second-order valence-corrected chi connectivity index (χ2v) is 3.89. The molecule has 0 bridgehead atoms. The molecule has 1 aromatic carbocycles. The van der Waals surface area contributed by atoms with Crippen LogP contribution in [0.25, 0.3) is 0 Å². The van der Waals surface area contributed by atoms with Crippen molar-refractivity contribution in [3.63, 3.8) is 0 Å². The van der Waals surface area contributed by atoms with Crippen LogP contribution in [-0.2, 0) is 0 Å². The Morgan fingerprint density at radius 2 is 1.82 bits per heavy atom. The molecule has 5 nitrogen and oxygen atoms in total. The molecular weight excluding hydrogens is 220 g/mol. The van der Waals surface area contributed by atoms with Crippen molar-refractivity contribution in [1.29, 1.82) is 0 Å². The van der Waals surface area contributed by atoms with Gasteiger partial charge in [-0.25, -0.2) is 0 Å². The number of hydrogen-bond donors (Lipinski definition) is 3. The Balaban J connectivity index is 3.20. The van der Waals surface area contributed by atoms with Crippen molar-refractivity contribution in [1.82, 2.24) is 0 Å². The lowest BCUT2D eigenvalue weighted by atomic mass is 9.99. The number of hydrogen-bond acceptors (Lipinski definition) is 5. The molecule has 0 saturated heterocycles. The van der Waals surface area contributed by atoms with Gasteiger partial charge in [-0.15, -0.1) is 0 Å². The van der Waals surface area contributed by atoms with Gasteiger partial charge in [-0.1, -0.05) is 0 Å². The molecule has 0 heterocycles. The molecular formula is C12H20N2O3. The van der Waals surface area contributed by atoms with Crippen molar-refractivity contribution in [2.45, 2.75) is 19.1 Å². The Morgan fingerprint density at radius 1 is 1.24 bits per heavy atom. The number of rotatable bonds is 5. The Labute approximate surface area is 101 Å². The summed E-state index contributed by atoms with van der Waals surface area (Å²) >= 11 is 0. The smallest absolute Gasteiger partial charge is 0.124 e. The van der Waals surface area contributed by atoms with E-state index in [2.05, 4.69) is 0 Å². The van der Waals surface area contributed by atoms with E-state index in [-0.39, 0.29) is 6.54 Å². The zero-order valence-electron chi connectivity index (χ0n) is 10.4. The predicted molar refractivity (Wildman–Crippen MR) is 66.3 cm³/mol. The fourth-order valence-electron chi connectivity index (χ4n) is 1.69. The predicted octanol–water partition coefficient (Wildman–Crippen LogP) is 0.332. The number of methoxy groups -OCH3 is 2. The first-order chi connectivity index (χ1) is 8.04. The molecule has 0 aromatic heterocycles. The summed E-state index contributed by atoms with van der Waals surface area (Å²) in [6.45, 7) is 2.01. The molecule has 0 aliphatic carbocycles. The number of aryl methyl sites for hydroxylation is 1. The zero-order chi connectivity index (χ0) is 13.0. The third-order valence-electron chi connectivity index (χ3n) is 2.76. The number of nitrogens with two attached hydrogens (primary N) is 2. The highest BCUT2D eigenvalue weighted by Crippen LogP contribution is 2.32. The van der Waals surface area contributed by atoms with E-state index in [1.807, 2.05) is 13.0 Å². The third-order valence-corrected chi connectivity index (χ3v) is 2.76. The molecule has 0 aliphatic rings. The molecule has 0 spiro atoms. The van der Waals surface area contributed by atoms with Crippen LogP contribution >= 0.6 is 0 Å². The van der Waals surface area contributed by atoms with Crippen LogP contribution in [0.5, 0.6) is 11.5 Å². The zero-order valence-corrected chi connectivity index (χ0v) is 10.4. The van der Waals surface area contributed by atoms with Crippen molar-refractivity contribution in [3.05, 3.63) is 23.3 Å². The molecule has 0 amide bonds. The summed E-state index contributed by atoms with van der Waals surface area (Å²) in [6, 6.07) is 3.01. The van der Waals surface area contributed by atoms with Crippen LogP contribution in [0.1, 0.15) is 17.2 Å². The first-order valence-corrected chi connectivity index (χ1v) is 5.41. The number of aliphatic hydroxyl groups is 1. The van der Waals surface area contributed by atoms with Crippen LogP contribution in [0, 0.1) is 6.92 Å². The Bertz CT molecular complexity index is 382. The van der Waals surface area contributed by atoms with Crippen LogP contribution in [0.3, 0.4) is 0 Å². The first-order valence-electron chi connectivity index (χ1n) is 5.41. The summed E-state index contributed by atoms with van der Waals surface area (Å²) in [6.07, 6.45) is -0.809. The van der Waals surface area contributed by atoms with Gasteiger partial charge in [-0.05, 0) is 24.6 Å². The average molecular weight is 240 g/mol. The molecule has 2 atom stereocenters. The molecule has 17 heavy (non-hydrogen) atoms. The molecule has 0 radical (unpaired) electrons. The quantitative estimate of drug-likeness (QED) is 0.690. The maximum absolute atomic E-state index is 9.69. The first kappa shape index (κ1) is 13.8. The maximum Gasteiger partial charge on any atom is 0.124 e. The summed E-state index contributed by atoms with van der Waals surface area (Å²) in [5.41, 5.74) is 13.0. The van der Waals surface area contributed by atoms with Gasteiger partial charge >= 0.3 is 0 Å². The number of aliphatic hydroxyl groups excluding tert-OH is 1. The molecule has 0 aliphatic heterocycles. The van der Waals surface area contributed by atoms with Gasteiger partial charge in [0.25, 0.3) is 0 Å². The lowest BCUT2D eigenvalue weighted by Crippen LogP contribution is -2.33. The second-order valence-electron chi connectivity index (χ2n) is 3.89. The lowest BCUT2D eigenvalue weighted by Gasteiger charge is -2.21. The van der Waals surface area contributed by atoms with E-state index >= 15 is 0 Å². The van der Waals surface area contributed by atoms with Gasteiger partial charge in [0.05, 0.1) is 26.4 Å². The van der Waals surface area contributed by atoms with Gasteiger partial charge < -0.3 is 26.0 Å². The minimum atomic E-state index is -0.809. The average Bonchev–Trinajstić information content (AvgIpc) is 2.36. The van der Waals surface area contributed by atoms with E-state index in [0.717, 1.165) is 5.56 Å². The SMILES string of the molecule is COc1cc(C(N)C(O)CN)c(OC)cc1C. The fourth-order valence-corrected chi connectivity index (χ4v) is 1.69. The summed E-state index contributed by atoms with van der Waals surface area (Å²) in [4.78, 5) is 0. The largest absolute Gasteiger partial charge is 0.496 e. The van der Waals surface area contributed by atoms with Crippen LogP contribution in [0.4, 0.5) is 0 Å². The van der Waals surface area contributed by atoms with E-state index in [1.165, 1.54) is 0 Å². The molecule has 0 saturated carbocycles. The number of benzene rings is 1. The number of ether oxygens (including phenoxy) is 2. The summed E-state index contributed by atoms with van der Waals surface area (Å²) < 4.78 is 10.5. The Hall–Kier alpha value is -1.30. The minimum absolute atomic E-state index is 0.0977.